The van der Waals surface area contributed by atoms with Crippen molar-refractivity contribution in [2.75, 3.05) is 45.9 Å². The minimum atomic E-state index is 0.139. The van der Waals surface area contributed by atoms with Gasteiger partial charge in [-0.05, 0) is 25.2 Å². The van der Waals surface area contributed by atoms with E-state index in [1.165, 1.54) is 32.5 Å². The normalized spacial score (nSPS) is 25.9. The van der Waals surface area contributed by atoms with Gasteiger partial charge in [0, 0.05) is 51.9 Å². The molecule has 16 heavy (non-hydrogen) atoms. The maximum atomic E-state index is 8.81. The molecule has 4 nitrogen and oxygen atoms in total. The standard InChI is InChI=1S/C12H25N3O/c13-12(3-8-16)10-15-6-4-14(5-7-15)9-11-1-2-11/h11-12,16H,1-10,13H2. The van der Waals surface area contributed by atoms with E-state index in [9.17, 15) is 0 Å². The number of piperazine rings is 1. The second kappa shape index (κ2) is 5.96. The van der Waals surface area contributed by atoms with E-state index < -0.39 is 0 Å². The topological polar surface area (TPSA) is 52.7 Å². The fourth-order valence-electron chi connectivity index (χ4n) is 2.41. The maximum absolute atomic E-state index is 8.81. The molecule has 1 atom stereocenters. The van der Waals surface area contributed by atoms with Crippen molar-refractivity contribution in [3.63, 3.8) is 0 Å². The van der Waals surface area contributed by atoms with Crippen LogP contribution in [-0.4, -0.2) is 66.8 Å². The van der Waals surface area contributed by atoms with Crippen molar-refractivity contribution in [2.45, 2.75) is 25.3 Å². The monoisotopic (exact) mass is 227 g/mol. The highest BCUT2D eigenvalue weighted by atomic mass is 16.3. The summed E-state index contributed by atoms with van der Waals surface area (Å²) in [7, 11) is 0. The Morgan fingerprint density at radius 2 is 1.75 bits per heavy atom. The first-order chi connectivity index (χ1) is 7.78. The molecule has 1 saturated heterocycles. The highest BCUT2D eigenvalue weighted by Crippen LogP contribution is 2.29. The van der Waals surface area contributed by atoms with Crippen molar-refractivity contribution in [3.8, 4) is 0 Å². The summed E-state index contributed by atoms with van der Waals surface area (Å²) in [5, 5.41) is 8.81. The molecule has 0 spiro atoms. The van der Waals surface area contributed by atoms with E-state index in [4.69, 9.17) is 10.8 Å². The minimum absolute atomic E-state index is 0.139. The Kier molecular flexibility index (Phi) is 4.58. The van der Waals surface area contributed by atoms with Crippen LogP contribution in [0.2, 0.25) is 0 Å². The number of rotatable bonds is 6. The molecular formula is C12H25N3O. The summed E-state index contributed by atoms with van der Waals surface area (Å²) in [6, 6.07) is 0.139. The Morgan fingerprint density at radius 1 is 1.12 bits per heavy atom. The number of aliphatic hydroxyl groups is 1. The first-order valence-corrected chi connectivity index (χ1v) is 6.59. The number of nitrogens with two attached hydrogens (primary N) is 1. The van der Waals surface area contributed by atoms with Crippen LogP contribution in [0.4, 0.5) is 0 Å². The Labute approximate surface area is 98.4 Å². The van der Waals surface area contributed by atoms with Gasteiger partial charge in [0.25, 0.3) is 0 Å². The zero-order valence-electron chi connectivity index (χ0n) is 10.1. The van der Waals surface area contributed by atoms with Crippen LogP contribution in [0, 0.1) is 5.92 Å². The lowest BCUT2D eigenvalue weighted by Gasteiger charge is -2.35. The van der Waals surface area contributed by atoms with Crippen LogP contribution in [-0.2, 0) is 0 Å². The fourth-order valence-corrected chi connectivity index (χ4v) is 2.41. The van der Waals surface area contributed by atoms with E-state index in [1.54, 1.807) is 0 Å². The lowest BCUT2D eigenvalue weighted by atomic mass is 10.2. The molecule has 1 heterocycles. The van der Waals surface area contributed by atoms with Gasteiger partial charge in [0.2, 0.25) is 0 Å². The van der Waals surface area contributed by atoms with Gasteiger partial charge in [0.15, 0.2) is 0 Å². The first kappa shape index (κ1) is 12.3. The van der Waals surface area contributed by atoms with Crippen molar-refractivity contribution in [1.29, 1.82) is 0 Å². The molecule has 1 saturated carbocycles. The van der Waals surface area contributed by atoms with Gasteiger partial charge < -0.3 is 15.7 Å². The summed E-state index contributed by atoms with van der Waals surface area (Å²) < 4.78 is 0. The quantitative estimate of drug-likeness (QED) is 0.655. The van der Waals surface area contributed by atoms with Gasteiger partial charge >= 0.3 is 0 Å². The molecule has 1 aliphatic heterocycles. The summed E-state index contributed by atoms with van der Waals surface area (Å²) in [6.45, 7) is 7.15. The summed E-state index contributed by atoms with van der Waals surface area (Å²) in [6.07, 6.45) is 3.62. The summed E-state index contributed by atoms with van der Waals surface area (Å²) >= 11 is 0. The van der Waals surface area contributed by atoms with Crippen molar-refractivity contribution < 1.29 is 5.11 Å². The van der Waals surface area contributed by atoms with Gasteiger partial charge in [-0.15, -0.1) is 0 Å². The molecule has 94 valence electrons. The number of nitrogens with zero attached hydrogens (tertiary/aromatic N) is 2. The molecule has 0 aromatic carbocycles. The van der Waals surface area contributed by atoms with E-state index in [-0.39, 0.29) is 12.6 Å². The van der Waals surface area contributed by atoms with Crippen molar-refractivity contribution >= 4 is 0 Å². The third-order valence-electron chi connectivity index (χ3n) is 3.67. The van der Waals surface area contributed by atoms with E-state index in [0.717, 1.165) is 32.0 Å². The predicted molar refractivity (Wildman–Crippen MR) is 65.3 cm³/mol. The third-order valence-corrected chi connectivity index (χ3v) is 3.67. The molecule has 0 aromatic rings. The van der Waals surface area contributed by atoms with Gasteiger partial charge in [0.1, 0.15) is 0 Å². The van der Waals surface area contributed by atoms with Crippen molar-refractivity contribution in [1.82, 2.24) is 9.80 Å². The van der Waals surface area contributed by atoms with Crippen molar-refractivity contribution in [2.24, 2.45) is 11.7 Å². The fraction of sp³-hybridized carbons (Fsp3) is 1.00. The minimum Gasteiger partial charge on any atom is -0.396 e. The van der Waals surface area contributed by atoms with Gasteiger partial charge in [0.05, 0.1) is 0 Å². The van der Waals surface area contributed by atoms with E-state index in [1.807, 2.05) is 0 Å². The van der Waals surface area contributed by atoms with E-state index >= 15 is 0 Å². The second-order valence-electron chi connectivity index (χ2n) is 5.32. The molecule has 2 rings (SSSR count). The molecule has 2 fully saturated rings. The molecule has 1 unspecified atom stereocenters. The van der Waals surface area contributed by atoms with Crippen LogP contribution < -0.4 is 5.73 Å². The van der Waals surface area contributed by atoms with Crippen LogP contribution in [0.25, 0.3) is 0 Å². The molecule has 0 amide bonds. The molecule has 2 aliphatic rings. The molecule has 0 radical (unpaired) electrons. The molecule has 0 bridgehead atoms. The lowest BCUT2D eigenvalue weighted by molar-refractivity contribution is 0.120. The Morgan fingerprint density at radius 3 is 2.31 bits per heavy atom. The molecule has 0 aromatic heterocycles. The van der Waals surface area contributed by atoms with Gasteiger partial charge in [-0.25, -0.2) is 0 Å². The Hall–Kier alpha value is -0.160. The number of hydrogen-bond acceptors (Lipinski definition) is 4. The largest absolute Gasteiger partial charge is 0.396 e. The maximum Gasteiger partial charge on any atom is 0.0446 e. The number of aliphatic hydroxyl groups excluding tert-OH is 1. The van der Waals surface area contributed by atoms with Crippen LogP contribution in [0.15, 0.2) is 0 Å². The number of hydrogen-bond donors (Lipinski definition) is 2. The van der Waals surface area contributed by atoms with Gasteiger partial charge in [-0.3, -0.25) is 4.90 Å². The van der Waals surface area contributed by atoms with Gasteiger partial charge in [-0.1, -0.05) is 0 Å². The second-order valence-corrected chi connectivity index (χ2v) is 5.32. The molecule has 3 N–H and O–H groups in total. The highest BCUT2D eigenvalue weighted by Gasteiger charge is 2.26. The molecule has 1 aliphatic carbocycles. The molecular weight excluding hydrogens is 202 g/mol. The average molecular weight is 227 g/mol. The lowest BCUT2D eigenvalue weighted by Crippen LogP contribution is -2.50. The summed E-state index contributed by atoms with van der Waals surface area (Å²) in [5.74, 6) is 1.00. The highest BCUT2D eigenvalue weighted by molar-refractivity contribution is 4.81. The smallest absolute Gasteiger partial charge is 0.0446 e. The SMILES string of the molecule is NC(CCO)CN1CCN(CC2CC2)CC1. The van der Waals surface area contributed by atoms with Crippen molar-refractivity contribution in [3.05, 3.63) is 0 Å². The van der Waals surface area contributed by atoms with Crippen LogP contribution in [0.3, 0.4) is 0 Å². The predicted octanol–water partition coefficient (Wildman–Crippen LogP) is -0.276. The van der Waals surface area contributed by atoms with Crippen LogP contribution >= 0.6 is 0 Å². The van der Waals surface area contributed by atoms with Gasteiger partial charge in [-0.2, -0.15) is 0 Å². The average Bonchev–Trinajstić information content (AvgIpc) is 3.05. The van der Waals surface area contributed by atoms with E-state index in [2.05, 4.69) is 9.80 Å². The molecule has 4 heteroatoms. The van der Waals surface area contributed by atoms with E-state index in [0.29, 0.717) is 0 Å². The first-order valence-electron chi connectivity index (χ1n) is 6.59. The zero-order valence-corrected chi connectivity index (χ0v) is 10.1. The third kappa shape index (κ3) is 4.01. The summed E-state index contributed by atoms with van der Waals surface area (Å²) in [5.41, 5.74) is 5.93. The summed E-state index contributed by atoms with van der Waals surface area (Å²) in [4.78, 5) is 5.02. The van der Waals surface area contributed by atoms with Crippen LogP contribution in [0.5, 0.6) is 0 Å². The van der Waals surface area contributed by atoms with Crippen LogP contribution in [0.1, 0.15) is 19.3 Å². The Balaban J connectivity index is 1.60. The zero-order chi connectivity index (χ0) is 11.4. The Bertz CT molecular complexity index is 200.